The molecule has 0 aliphatic carbocycles. The monoisotopic (exact) mass is 489 g/mol. The number of aromatic nitrogens is 1. The molecule has 1 aromatic heterocycles. The van der Waals surface area contributed by atoms with Crippen molar-refractivity contribution in [2.75, 3.05) is 16.6 Å². The van der Waals surface area contributed by atoms with Gasteiger partial charge in [0.1, 0.15) is 11.5 Å². The third-order valence-electron chi connectivity index (χ3n) is 4.86. The summed E-state index contributed by atoms with van der Waals surface area (Å²) in [5, 5.41) is 2.82. The van der Waals surface area contributed by atoms with Crippen LogP contribution in [0.1, 0.15) is 17.3 Å². The molecule has 0 radical (unpaired) electrons. The average molecular weight is 490 g/mol. The van der Waals surface area contributed by atoms with Gasteiger partial charge in [-0.1, -0.05) is 12.1 Å². The van der Waals surface area contributed by atoms with E-state index in [9.17, 15) is 13.2 Å². The number of anilines is 2. The molecule has 3 aromatic carbocycles. The summed E-state index contributed by atoms with van der Waals surface area (Å²) in [6, 6.07) is 23.0. The second-order valence-electron chi connectivity index (χ2n) is 7.32. The first-order valence-corrected chi connectivity index (χ1v) is 12.3. The van der Waals surface area contributed by atoms with E-state index < -0.39 is 15.9 Å². The first-order valence-electron chi connectivity index (χ1n) is 10.8. The lowest BCUT2D eigenvalue weighted by Crippen LogP contribution is -2.15. The maximum Gasteiger partial charge on any atom is 0.261 e. The molecule has 0 spiro atoms. The highest BCUT2D eigenvalue weighted by Crippen LogP contribution is 2.30. The van der Waals surface area contributed by atoms with E-state index in [2.05, 4.69) is 15.0 Å². The highest BCUT2D eigenvalue weighted by atomic mass is 32.2. The van der Waals surface area contributed by atoms with E-state index in [0.717, 1.165) is 5.75 Å². The lowest BCUT2D eigenvalue weighted by molar-refractivity contribution is 0.102. The number of nitrogens with one attached hydrogen (secondary N) is 2. The van der Waals surface area contributed by atoms with Crippen molar-refractivity contribution in [1.29, 1.82) is 0 Å². The lowest BCUT2D eigenvalue weighted by atomic mass is 10.2. The molecule has 35 heavy (non-hydrogen) atoms. The molecule has 0 saturated carbocycles. The zero-order valence-corrected chi connectivity index (χ0v) is 19.7. The van der Waals surface area contributed by atoms with Gasteiger partial charge in [-0.15, -0.1) is 0 Å². The van der Waals surface area contributed by atoms with Gasteiger partial charge in [-0.25, -0.2) is 8.42 Å². The average Bonchev–Trinajstić information content (AvgIpc) is 2.87. The molecule has 0 fully saturated rings. The first kappa shape index (κ1) is 23.8. The van der Waals surface area contributed by atoms with Crippen LogP contribution in [0.3, 0.4) is 0 Å². The second-order valence-corrected chi connectivity index (χ2v) is 9.00. The van der Waals surface area contributed by atoms with Gasteiger partial charge in [0.25, 0.3) is 15.9 Å². The molecule has 0 unspecified atom stereocenters. The number of rotatable bonds is 9. The summed E-state index contributed by atoms with van der Waals surface area (Å²) < 4.78 is 39.0. The van der Waals surface area contributed by atoms with Gasteiger partial charge in [0.05, 0.1) is 22.9 Å². The number of carbonyl (C=O) groups is 1. The summed E-state index contributed by atoms with van der Waals surface area (Å²) >= 11 is 0. The minimum absolute atomic E-state index is 0.0325. The van der Waals surface area contributed by atoms with Crippen molar-refractivity contribution in [3.63, 3.8) is 0 Å². The number of nitrogens with zero attached hydrogens (tertiary/aromatic N) is 1. The molecule has 0 bridgehead atoms. The molecule has 4 rings (SSSR count). The molecule has 1 amide bonds. The fourth-order valence-electron chi connectivity index (χ4n) is 3.17. The maximum atomic E-state index is 12.8. The van der Waals surface area contributed by atoms with Crippen LogP contribution in [0, 0.1) is 0 Å². The van der Waals surface area contributed by atoms with E-state index in [4.69, 9.17) is 9.47 Å². The summed E-state index contributed by atoms with van der Waals surface area (Å²) in [6.45, 7) is 2.48. The molecular weight excluding hydrogens is 466 g/mol. The molecule has 0 aliphatic heterocycles. The SMILES string of the molecule is CCOc1ccc(Oc2ccccc2NC(=O)c2ccc(S(=O)(=O)Nc3ccncc3)cc2)cc1. The van der Waals surface area contributed by atoms with Gasteiger partial charge in [-0.05, 0) is 79.7 Å². The molecule has 2 N–H and O–H groups in total. The number of para-hydroxylation sites is 2. The predicted molar refractivity (Wildman–Crippen MR) is 134 cm³/mol. The zero-order chi connectivity index (χ0) is 24.7. The molecule has 9 heteroatoms. The van der Waals surface area contributed by atoms with Crippen molar-refractivity contribution in [3.8, 4) is 17.2 Å². The van der Waals surface area contributed by atoms with Crippen molar-refractivity contribution in [2.45, 2.75) is 11.8 Å². The summed E-state index contributed by atoms with van der Waals surface area (Å²) in [5.74, 6) is 1.39. The van der Waals surface area contributed by atoms with Crippen molar-refractivity contribution in [3.05, 3.63) is 103 Å². The van der Waals surface area contributed by atoms with Crippen LogP contribution in [0.25, 0.3) is 0 Å². The van der Waals surface area contributed by atoms with Crippen LogP contribution in [-0.4, -0.2) is 25.9 Å². The third kappa shape index (κ3) is 6.15. The highest BCUT2D eigenvalue weighted by Gasteiger charge is 2.16. The van der Waals surface area contributed by atoms with Gasteiger partial charge in [-0.2, -0.15) is 0 Å². The van der Waals surface area contributed by atoms with Crippen LogP contribution in [0.4, 0.5) is 11.4 Å². The largest absolute Gasteiger partial charge is 0.494 e. The first-order chi connectivity index (χ1) is 16.9. The molecule has 178 valence electrons. The van der Waals surface area contributed by atoms with E-state index in [-0.39, 0.29) is 4.90 Å². The fraction of sp³-hybridized carbons (Fsp3) is 0.0769. The standard InChI is InChI=1S/C26H23N3O5S/c1-2-33-21-9-11-22(12-10-21)34-25-6-4-3-5-24(25)28-26(30)19-7-13-23(14-8-19)35(31,32)29-20-15-17-27-18-16-20/h3-18H,2H2,1H3,(H,27,29)(H,28,30). The minimum atomic E-state index is -3.80. The molecule has 8 nitrogen and oxygen atoms in total. The van der Waals surface area contributed by atoms with Crippen LogP contribution in [0.2, 0.25) is 0 Å². The van der Waals surface area contributed by atoms with Gasteiger partial charge in [0, 0.05) is 18.0 Å². The van der Waals surface area contributed by atoms with Gasteiger partial charge in [0.2, 0.25) is 0 Å². The third-order valence-corrected chi connectivity index (χ3v) is 6.25. The summed E-state index contributed by atoms with van der Waals surface area (Å²) in [6.07, 6.45) is 2.98. The van der Waals surface area contributed by atoms with Crippen LogP contribution in [0.5, 0.6) is 17.2 Å². The van der Waals surface area contributed by atoms with Gasteiger partial charge in [-0.3, -0.25) is 14.5 Å². The number of hydrogen-bond donors (Lipinski definition) is 2. The van der Waals surface area contributed by atoms with E-state index in [0.29, 0.717) is 35.0 Å². The highest BCUT2D eigenvalue weighted by molar-refractivity contribution is 7.92. The van der Waals surface area contributed by atoms with Crippen molar-refractivity contribution < 1.29 is 22.7 Å². The Hall–Kier alpha value is -4.37. The summed E-state index contributed by atoms with van der Waals surface area (Å²) in [5.41, 5.74) is 1.16. The summed E-state index contributed by atoms with van der Waals surface area (Å²) in [4.78, 5) is 16.7. The Bertz CT molecular complexity index is 1390. The Morgan fingerprint density at radius 2 is 1.51 bits per heavy atom. The number of carbonyl (C=O) groups excluding carboxylic acids is 1. The molecule has 4 aromatic rings. The number of pyridine rings is 1. The summed E-state index contributed by atoms with van der Waals surface area (Å²) in [7, 11) is -3.80. The number of hydrogen-bond acceptors (Lipinski definition) is 6. The Morgan fingerprint density at radius 1 is 0.857 bits per heavy atom. The smallest absolute Gasteiger partial charge is 0.261 e. The van der Waals surface area contributed by atoms with E-state index in [1.54, 1.807) is 60.7 Å². The van der Waals surface area contributed by atoms with Gasteiger partial charge < -0.3 is 14.8 Å². The Labute approximate surface area is 203 Å². The van der Waals surface area contributed by atoms with E-state index >= 15 is 0 Å². The number of amides is 1. The van der Waals surface area contributed by atoms with Crippen molar-refractivity contribution in [1.82, 2.24) is 4.98 Å². The van der Waals surface area contributed by atoms with E-state index in [1.165, 1.54) is 36.7 Å². The number of ether oxygens (including phenoxy) is 2. The zero-order valence-electron chi connectivity index (χ0n) is 18.8. The quantitative estimate of drug-likeness (QED) is 0.329. The van der Waals surface area contributed by atoms with Gasteiger partial charge in [0.15, 0.2) is 5.75 Å². The molecule has 1 heterocycles. The molecule has 0 saturated heterocycles. The molecule has 0 aliphatic rings. The normalized spacial score (nSPS) is 10.9. The van der Waals surface area contributed by atoms with Crippen LogP contribution >= 0.6 is 0 Å². The minimum Gasteiger partial charge on any atom is -0.494 e. The Balaban J connectivity index is 1.45. The predicted octanol–water partition coefficient (Wildman–Crippen LogP) is 5.33. The number of sulfonamides is 1. The molecule has 0 atom stereocenters. The fourth-order valence-corrected chi connectivity index (χ4v) is 4.23. The van der Waals surface area contributed by atoms with Crippen LogP contribution < -0.4 is 19.5 Å². The maximum absolute atomic E-state index is 12.8. The van der Waals surface area contributed by atoms with Crippen LogP contribution in [0.15, 0.2) is 102 Å². The molecular formula is C26H23N3O5S. The Morgan fingerprint density at radius 3 is 2.20 bits per heavy atom. The van der Waals surface area contributed by atoms with Crippen molar-refractivity contribution >= 4 is 27.3 Å². The van der Waals surface area contributed by atoms with Crippen LogP contribution in [-0.2, 0) is 10.0 Å². The Kier molecular flexibility index (Phi) is 7.27. The van der Waals surface area contributed by atoms with Crippen molar-refractivity contribution in [2.24, 2.45) is 0 Å². The van der Waals surface area contributed by atoms with Gasteiger partial charge >= 0.3 is 0 Å². The second kappa shape index (κ2) is 10.7. The number of benzene rings is 3. The van der Waals surface area contributed by atoms with E-state index in [1.807, 2.05) is 6.92 Å². The topological polar surface area (TPSA) is 107 Å². The lowest BCUT2D eigenvalue weighted by Gasteiger charge is -2.13.